The Morgan fingerprint density at radius 3 is 1.88 bits per heavy atom. The molecule has 1 N–H and O–H groups in total. The number of carbonyl (C=O) groups excluding carboxylic acids is 2. The molecule has 7 nitrogen and oxygen atoms in total. The van der Waals surface area contributed by atoms with Crippen molar-refractivity contribution >= 4 is 17.8 Å². The summed E-state index contributed by atoms with van der Waals surface area (Å²) in [5, 5.41) is 8.85. The van der Waals surface area contributed by atoms with E-state index in [0.717, 1.165) is 5.56 Å². The van der Waals surface area contributed by atoms with Gasteiger partial charge in [-0.3, -0.25) is 9.59 Å². The van der Waals surface area contributed by atoms with E-state index >= 15 is 0 Å². The fourth-order valence-electron chi connectivity index (χ4n) is 2.71. The summed E-state index contributed by atoms with van der Waals surface area (Å²) in [5.41, 5.74) is 1.72. The van der Waals surface area contributed by atoms with E-state index in [1.54, 1.807) is 21.9 Å². The van der Waals surface area contributed by atoms with Gasteiger partial charge in [0.05, 0.1) is 0 Å². The third kappa shape index (κ3) is 3.55. The summed E-state index contributed by atoms with van der Waals surface area (Å²) < 4.78 is 5.04. The fraction of sp³-hybridized carbons (Fsp3) is 0.278. The molecule has 3 rings (SSSR count). The Hall–Kier alpha value is -3.09. The van der Waals surface area contributed by atoms with E-state index in [0.29, 0.717) is 31.7 Å². The number of nitrogens with zero attached hydrogens (tertiary/aromatic N) is 2. The number of piperazine rings is 1. The Balaban J connectivity index is 1.61. The normalized spacial score (nSPS) is 14.4. The molecule has 25 heavy (non-hydrogen) atoms. The van der Waals surface area contributed by atoms with E-state index < -0.39 is 5.97 Å². The van der Waals surface area contributed by atoms with Gasteiger partial charge in [-0.05, 0) is 31.2 Å². The molecule has 130 valence electrons. The Morgan fingerprint density at radius 2 is 1.36 bits per heavy atom. The van der Waals surface area contributed by atoms with Crippen molar-refractivity contribution in [1.82, 2.24) is 9.80 Å². The number of benzene rings is 1. The van der Waals surface area contributed by atoms with E-state index in [1.165, 1.54) is 12.1 Å². The molecule has 0 spiro atoms. The molecule has 0 aliphatic carbocycles. The first-order chi connectivity index (χ1) is 12.0. The van der Waals surface area contributed by atoms with Crippen LogP contribution in [0.25, 0.3) is 0 Å². The van der Waals surface area contributed by atoms with Crippen molar-refractivity contribution in [2.75, 3.05) is 26.2 Å². The molecule has 2 aromatic rings. The third-order valence-corrected chi connectivity index (χ3v) is 4.18. The van der Waals surface area contributed by atoms with Gasteiger partial charge in [0.2, 0.25) is 5.76 Å². The van der Waals surface area contributed by atoms with Crippen molar-refractivity contribution in [3.8, 4) is 0 Å². The van der Waals surface area contributed by atoms with Gasteiger partial charge in [0, 0.05) is 31.7 Å². The van der Waals surface area contributed by atoms with Crippen LogP contribution in [0.5, 0.6) is 0 Å². The summed E-state index contributed by atoms with van der Waals surface area (Å²) in [4.78, 5) is 38.9. The average molecular weight is 342 g/mol. The first-order valence-corrected chi connectivity index (χ1v) is 7.94. The van der Waals surface area contributed by atoms with Crippen molar-refractivity contribution in [3.05, 3.63) is 59.0 Å². The lowest BCUT2D eigenvalue weighted by atomic mass is 10.1. The van der Waals surface area contributed by atoms with E-state index in [4.69, 9.17) is 9.52 Å². The summed E-state index contributed by atoms with van der Waals surface area (Å²) >= 11 is 0. The van der Waals surface area contributed by atoms with Crippen LogP contribution in [0.15, 0.2) is 40.8 Å². The van der Waals surface area contributed by atoms with Crippen LogP contribution in [0, 0.1) is 6.92 Å². The van der Waals surface area contributed by atoms with Gasteiger partial charge >= 0.3 is 5.97 Å². The molecular formula is C18H18N2O5. The highest BCUT2D eigenvalue weighted by Crippen LogP contribution is 2.14. The minimum absolute atomic E-state index is 0.00397. The van der Waals surface area contributed by atoms with Gasteiger partial charge in [0.1, 0.15) is 0 Å². The van der Waals surface area contributed by atoms with Crippen LogP contribution in [-0.4, -0.2) is 58.9 Å². The number of hydrogen-bond acceptors (Lipinski definition) is 4. The molecule has 1 saturated heterocycles. The summed E-state index contributed by atoms with van der Waals surface area (Å²) in [6.45, 7) is 3.55. The van der Waals surface area contributed by atoms with Crippen LogP contribution in [0.1, 0.15) is 37.0 Å². The number of carboxylic acids is 1. The summed E-state index contributed by atoms with van der Waals surface area (Å²) in [5.74, 6) is -1.91. The molecule has 1 aromatic heterocycles. The number of amides is 2. The van der Waals surface area contributed by atoms with Gasteiger partial charge < -0.3 is 19.3 Å². The van der Waals surface area contributed by atoms with E-state index in [2.05, 4.69) is 0 Å². The van der Waals surface area contributed by atoms with Crippen LogP contribution in [0.4, 0.5) is 0 Å². The van der Waals surface area contributed by atoms with Gasteiger partial charge in [-0.2, -0.15) is 0 Å². The molecule has 2 amide bonds. The molecule has 0 atom stereocenters. The largest absolute Gasteiger partial charge is 0.475 e. The second-order valence-electron chi connectivity index (χ2n) is 5.92. The lowest BCUT2D eigenvalue weighted by Gasteiger charge is -2.34. The van der Waals surface area contributed by atoms with Crippen LogP contribution in [-0.2, 0) is 0 Å². The van der Waals surface area contributed by atoms with Crippen LogP contribution in [0.2, 0.25) is 0 Å². The second kappa shape index (κ2) is 6.80. The van der Waals surface area contributed by atoms with Crippen molar-refractivity contribution in [2.24, 2.45) is 0 Å². The zero-order valence-electron chi connectivity index (χ0n) is 13.8. The number of furan rings is 1. The first-order valence-electron chi connectivity index (χ1n) is 7.94. The smallest absolute Gasteiger partial charge is 0.371 e. The minimum Gasteiger partial charge on any atom is -0.475 e. The van der Waals surface area contributed by atoms with Gasteiger partial charge in [-0.15, -0.1) is 0 Å². The average Bonchev–Trinajstić information content (AvgIpc) is 3.12. The fourth-order valence-corrected chi connectivity index (χ4v) is 2.71. The summed E-state index contributed by atoms with van der Waals surface area (Å²) in [6, 6.07) is 9.99. The van der Waals surface area contributed by atoms with Gasteiger partial charge in [-0.1, -0.05) is 17.7 Å². The van der Waals surface area contributed by atoms with Crippen molar-refractivity contribution < 1.29 is 23.9 Å². The van der Waals surface area contributed by atoms with Crippen molar-refractivity contribution in [1.29, 1.82) is 0 Å². The van der Waals surface area contributed by atoms with Crippen molar-refractivity contribution in [3.63, 3.8) is 0 Å². The molecule has 2 heterocycles. The van der Waals surface area contributed by atoms with E-state index in [1.807, 2.05) is 19.1 Å². The molecule has 1 aliphatic rings. The second-order valence-corrected chi connectivity index (χ2v) is 5.92. The standard InChI is InChI=1S/C18H18N2O5/c1-12-2-4-13(5-3-12)16(21)19-8-10-20(11-9-19)17(22)14-6-7-15(25-14)18(23)24/h2-7H,8-11H2,1H3,(H,23,24). The number of hydrogen-bond donors (Lipinski definition) is 1. The number of carboxylic acid groups (broad SMARTS) is 1. The number of aryl methyl sites for hydroxylation is 1. The molecule has 0 bridgehead atoms. The maximum absolute atomic E-state index is 12.5. The predicted octanol–water partition coefficient (Wildman–Crippen LogP) is 1.88. The zero-order chi connectivity index (χ0) is 18.0. The predicted molar refractivity (Wildman–Crippen MR) is 88.7 cm³/mol. The maximum atomic E-state index is 12.5. The monoisotopic (exact) mass is 342 g/mol. The molecule has 1 aromatic carbocycles. The highest BCUT2D eigenvalue weighted by molar-refractivity contribution is 5.95. The van der Waals surface area contributed by atoms with Gasteiger partial charge in [0.25, 0.3) is 11.8 Å². The number of aromatic carboxylic acids is 1. The van der Waals surface area contributed by atoms with E-state index in [9.17, 15) is 14.4 Å². The van der Waals surface area contributed by atoms with Crippen LogP contribution < -0.4 is 0 Å². The lowest BCUT2D eigenvalue weighted by molar-refractivity contribution is 0.0512. The summed E-state index contributed by atoms with van der Waals surface area (Å²) in [6.07, 6.45) is 0. The highest BCUT2D eigenvalue weighted by atomic mass is 16.4. The van der Waals surface area contributed by atoms with Gasteiger partial charge in [0.15, 0.2) is 5.76 Å². The summed E-state index contributed by atoms with van der Waals surface area (Å²) in [7, 11) is 0. The number of carbonyl (C=O) groups is 3. The molecule has 0 radical (unpaired) electrons. The third-order valence-electron chi connectivity index (χ3n) is 4.18. The Bertz CT molecular complexity index is 801. The minimum atomic E-state index is -1.22. The molecule has 0 saturated carbocycles. The Morgan fingerprint density at radius 1 is 0.840 bits per heavy atom. The maximum Gasteiger partial charge on any atom is 0.371 e. The van der Waals surface area contributed by atoms with E-state index in [-0.39, 0.29) is 23.3 Å². The van der Waals surface area contributed by atoms with Gasteiger partial charge in [-0.25, -0.2) is 4.79 Å². The Kier molecular flexibility index (Phi) is 4.56. The topological polar surface area (TPSA) is 91.1 Å². The molecule has 1 fully saturated rings. The van der Waals surface area contributed by atoms with Crippen molar-refractivity contribution in [2.45, 2.75) is 6.92 Å². The van der Waals surface area contributed by atoms with Crippen LogP contribution in [0.3, 0.4) is 0 Å². The molecule has 0 unspecified atom stereocenters. The lowest BCUT2D eigenvalue weighted by Crippen LogP contribution is -2.50. The SMILES string of the molecule is Cc1ccc(C(=O)N2CCN(C(=O)c3ccc(C(=O)O)o3)CC2)cc1. The first kappa shape index (κ1) is 16.8. The number of rotatable bonds is 3. The Labute approximate surface area is 144 Å². The zero-order valence-corrected chi connectivity index (χ0v) is 13.8. The molecule has 7 heteroatoms. The molecule has 1 aliphatic heterocycles. The van der Waals surface area contributed by atoms with Crippen LogP contribution >= 0.6 is 0 Å². The quantitative estimate of drug-likeness (QED) is 0.920. The molecular weight excluding hydrogens is 324 g/mol. The highest BCUT2D eigenvalue weighted by Gasteiger charge is 2.27.